The van der Waals surface area contributed by atoms with E-state index in [9.17, 15) is 4.39 Å². The predicted molar refractivity (Wildman–Crippen MR) is 87.5 cm³/mol. The Morgan fingerprint density at radius 3 is 2.42 bits per heavy atom. The summed E-state index contributed by atoms with van der Waals surface area (Å²) in [5, 5.41) is 0. The number of nitrogens with two attached hydrogens (primary N) is 1. The molecule has 0 radical (unpaired) electrons. The number of hydrogen-bond donors (Lipinski definition) is 1. The summed E-state index contributed by atoms with van der Waals surface area (Å²) < 4.78 is 14.2. The summed E-state index contributed by atoms with van der Waals surface area (Å²) in [5.41, 5.74) is 10.6. The van der Waals surface area contributed by atoms with Crippen molar-refractivity contribution in [2.45, 2.75) is 13.8 Å². The average Bonchev–Trinajstić information content (AvgIpc) is 2.33. The van der Waals surface area contributed by atoms with Gasteiger partial charge in [0.1, 0.15) is 5.82 Å². The van der Waals surface area contributed by atoms with Crippen LogP contribution in [0.2, 0.25) is 0 Å². The molecule has 2 nitrogen and oxygen atoms in total. The van der Waals surface area contributed by atoms with Crippen LogP contribution in [0.15, 0.2) is 30.3 Å². The molecule has 0 atom stereocenters. The summed E-state index contributed by atoms with van der Waals surface area (Å²) in [6.07, 6.45) is 0. The molecule has 2 aromatic rings. The number of nitrogens with zero attached hydrogens (tertiary/aromatic N) is 1. The minimum Gasteiger partial charge on any atom is -0.397 e. The molecule has 0 saturated carbocycles. The first kappa shape index (κ1) is 14.1. The summed E-state index contributed by atoms with van der Waals surface area (Å²) in [7, 11) is 1.90. The monoisotopic (exact) mass is 370 g/mol. The van der Waals surface area contributed by atoms with Crippen LogP contribution in [-0.2, 0) is 0 Å². The Labute approximate surface area is 126 Å². The Balaban J connectivity index is 2.49. The largest absolute Gasteiger partial charge is 0.397 e. The van der Waals surface area contributed by atoms with Gasteiger partial charge in [-0.05, 0) is 54.1 Å². The molecule has 0 unspecified atom stereocenters. The molecule has 0 fully saturated rings. The quantitative estimate of drug-likeness (QED) is 0.627. The van der Waals surface area contributed by atoms with Crippen molar-refractivity contribution in [3.05, 3.63) is 50.8 Å². The molecule has 4 heteroatoms. The molecule has 0 spiro atoms. The van der Waals surface area contributed by atoms with Crippen molar-refractivity contribution < 1.29 is 4.39 Å². The molecular weight excluding hydrogens is 354 g/mol. The van der Waals surface area contributed by atoms with Crippen LogP contribution < -0.4 is 10.6 Å². The lowest BCUT2D eigenvalue weighted by molar-refractivity contribution is 0.620. The van der Waals surface area contributed by atoms with E-state index in [1.54, 1.807) is 6.07 Å². The van der Waals surface area contributed by atoms with Gasteiger partial charge >= 0.3 is 0 Å². The molecule has 0 aliphatic heterocycles. The molecule has 2 aromatic carbocycles. The maximum absolute atomic E-state index is 13.7. The molecule has 19 heavy (non-hydrogen) atoms. The Bertz CT molecular complexity index is 626. The Kier molecular flexibility index (Phi) is 3.99. The lowest BCUT2D eigenvalue weighted by Gasteiger charge is -2.23. The van der Waals surface area contributed by atoms with E-state index in [1.807, 2.05) is 53.6 Å². The normalized spacial score (nSPS) is 10.6. The van der Waals surface area contributed by atoms with Gasteiger partial charge in [0.25, 0.3) is 0 Å². The van der Waals surface area contributed by atoms with Gasteiger partial charge in [-0.3, -0.25) is 0 Å². The first-order valence-electron chi connectivity index (χ1n) is 5.95. The van der Waals surface area contributed by atoms with Gasteiger partial charge in [-0.25, -0.2) is 4.39 Å². The number of rotatable bonds is 2. The highest BCUT2D eigenvalue weighted by atomic mass is 127. The number of hydrogen-bond acceptors (Lipinski definition) is 2. The SMILES string of the molecule is Cc1ccc(N(C)c2cc(F)c(I)cc2N)c(C)c1. The molecule has 100 valence electrons. The zero-order chi connectivity index (χ0) is 14.2. The Morgan fingerprint density at radius 1 is 1.11 bits per heavy atom. The van der Waals surface area contributed by atoms with E-state index in [1.165, 1.54) is 11.6 Å². The standard InChI is InChI=1S/C15H16FIN2/c1-9-4-5-14(10(2)6-9)19(3)15-7-11(16)12(17)8-13(15)18/h4-8H,18H2,1-3H3. The second-order valence-corrected chi connectivity index (χ2v) is 5.84. The second kappa shape index (κ2) is 5.36. The van der Waals surface area contributed by atoms with Crippen molar-refractivity contribution in [2.24, 2.45) is 0 Å². The fourth-order valence-corrected chi connectivity index (χ4v) is 2.64. The lowest BCUT2D eigenvalue weighted by atomic mass is 10.1. The van der Waals surface area contributed by atoms with Crippen LogP contribution in [0.4, 0.5) is 21.5 Å². The molecule has 0 heterocycles. The maximum atomic E-state index is 13.7. The Morgan fingerprint density at radius 2 is 1.79 bits per heavy atom. The van der Waals surface area contributed by atoms with Gasteiger partial charge < -0.3 is 10.6 Å². The van der Waals surface area contributed by atoms with Crippen LogP contribution in [0.1, 0.15) is 11.1 Å². The van der Waals surface area contributed by atoms with E-state index in [0.717, 1.165) is 11.3 Å². The summed E-state index contributed by atoms with van der Waals surface area (Å²) in [6.45, 7) is 4.09. The van der Waals surface area contributed by atoms with Crippen LogP contribution in [-0.4, -0.2) is 7.05 Å². The molecule has 0 bridgehead atoms. The molecular formula is C15H16FIN2. The van der Waals surface area contributed by atoms with E-state index >= 15 is 0 Å². The predicted octanol–water partition coefficient (Wildman–Crippen LogP) is 4.40. The van der Waals surface area contributed by atoms with Gasteiger partial charge in [0.2, 0.25) is 0 Å². The zero-order valence-electron chi connectivity index (χ0n) is 11.2. The van der Waals surface area contributed by atoms with Crippen molar-refractivity contribution in [1.82, 2.24) is 0 Å². The topological polar surface area (TPSA) is 29.3 Å². The Hall–Kier alpha value is -1.30. The third-order valence-corrected chi connectivity index (χ3v) is 3.97. The second-order valence-electron chi connectivity index (χ2n) is 4.67. The first-order chi connectivity index (χ1) is 8.90. The third kappa shape index (κ3) is 2.83. The average molecular weight is 370 g/mol. The minimum atomic E-state index is -0.249. The number of benzene rings is 2. The van der Waals surface area contributed by atoms with Crippen molar-refractivity contribution >= 4 is 39.7 Å². The molecule has 0 aromatic heterocycles. The van der Waals surface area contributed by atoms with Gasteiger partial charge in [0.15, 0.2) is 0 Å². The van der Waals surface area contributed by atoms with Crippen LogP contribution >= 0.6 is 22.6 Å². The third-order valence-electron chi connectivity index (χ3n) is 3.14. The molecule has 0 aliphatic rings. The zero-order valence-corrected chi connectivity index (χ0v) is 13.3. The molecule has 0 saturated heterocycles. The van der Waals surface area contributed by atoms with Gasteiger partial charge in [-0.15, -0.1) is 0 Å². The van der Waals surface area contributed by atoms with E-state index in [4.69, 9.17) is 5.73 Å². The van der Waals surface area contributed by atoms with Crippen molar-refractivity contribution in [2.75, 3.05) is 17.7 Å². The number of halogens is 2. The highest BCUT2D eigenvalue weighted by molar-refractivity contribution is 14.1. The molecule has 0 amide bonds. The highest BCUT2D eigenvalue weighted by Crippen LogP contribution is 2.33. The summed E-state index contributed by atoms with van der Waals surface area (Å²) in [6, 6.07) is 9.31. The number of aryl methyl sites for hydroxylation is 2. The summed E-state index contributed by atoms with van der Waals surface area (Å²) in [4.78, 5) is 1.92. The van der Waals surface area contributed by atoms with E-state index < -0.39 is 0 Å². The van der Waals surface area contributed by atoms with E-state index in [-0.39, 0.29) is 5.82 Å². The summed E-state index contributed by atoms with van der Waals surface area (Å²) in [5.74, 6) is -0.249. The van der Waals surface area contributed by atoms with Crippen molar-refractivity contribution in [1.29, 1.82) is 0 Å². The number of nitrogen functional groups attached to an aromatic ring is 1. The van der Waals surface area contributed by atoms with Gasteiger partial charge in [0.05, 0.1) is 14.9 Å². The fourth-order valence-electron chi connectivity index (χ4n) is 2.15. The van der Waals surface area contributed by atoms with Crippen LogP contribution in [0.5, 0.6) is 0 Å². The molecule has 2 N–H and O–H groups in total. The van der Waals surface area contributed by atoms with Crippen LogP contribution in [0.25, 0.3) is 0 Å². The van der Waals surface area contributed by atoms with Crippen LogP contribution in [0.3, 0.4) is 0 Å². The highest BCUT2D eigenvalue weighted by Gasteiger charge is 2.13. The fraction of sp³-hybridized carbons (Fsp3) is 0.200. The smallest absolute Gasteiger partial charge is 0.138 e. The van der Waals surface area contributed by atoms with Gasteiger partial charge in [-0.1, -0.05) is 17.7 Å². The van der Waals surface area contributed by atoms with Crippen LogP contribution in [0, 0.1) is 23.2 Å². The minimum absolute atomic E-state index is 0.249. The van der Waals surface area contributed by atoms with Gasteiger partial charge in [-0.2, -0.15) is 0 Å². The molecule has 0 aliphatic carbocycles. The maximum Gasteiger partial charge on any atom is 0.138 e. The van der Waals surface area contributed by atoms with Crippen molar-refractivity contribution in [3.8, 4) is 0 Å². The van der Waals surface area contributed by atoms with E-state index in [0.29, 0.717) is 14.9 Å². The molecule has 2 rings (SSSR count). The van der Waals surface area contributed by atoms with E-state index in [2.05, 4.69) is 13.0 Å². The first-order valence-corrected chi connectivity index (χ1v) is 7.03. The summed E-state index contributed by atoms with van der Waals surface area (Å²) >= 11 is 1.94. The number of anilines is 3. The van der Waals surface area contributed by atoms with Gasteiger partial charge in [0, 0.05) is 18.8 Å². The lowest BCUT2D eigenvalue weighted by Crippen LogP contribution is -2.13. The van der Waals surface area contributed by atoms with Crippen molar-refractivity contribution in [3.63, 3.8) is 0 Å².